The summed E-state index contributed by atoms with van der Waals surface area (Å²) < 4.78 is 0. The van der Waals surface area contributed by atoms with Crippen LogP contribution in [0.25, 0.3) is 0 Å². The van der Waals surface area contributed by atoms with Crippen molar-refractivity contribution in [2.24, 2.45) is 5.41 Å². The Bertz CT molecular complexity index is 295. The Kier molecular flexibility index (Phi) is 5.38. The van der Waals surface area contributed by atoms with Crippen molar-refractivity contribution in [2.75, 3.05) is 14.2 Å². The van der Waals surface area contributed by atoms with Crippen molar-refractivity contribution in [1.29, 1.82) is 0 Å². The van der Waals surface area contributed by atoms with Gasteiger partial charge in [-0.1, -0.05) is 20.4 Å². The van der Waals surface area contributed by atoms with Crippen molar-refractivity contribution in [3.05, 3.63) is 12.2 Å². The number of carbonyl (C=O) groups excluding carboxylic acids is 2. The van der Waals surface area contributed by atoms with Gasteiger partial charge in [-0.3, -0.25) is 14.4 Å². The van der Waals surface area contributed by atoms with Crippen molar-refractivity contribution < 1.29 is 14.4 Å². The largest absolute Gasteiger partial charge is 0.295 e. The van der Waals surface area contributed by atoms with Crippen LogP contribution < -0.4 is 0 Å². The van der Waals surface area contributed by atoms with Gasteiger partial charge in [0, 0.05) is 18.9 Å². The zero-order chi connectivity index (χ0) is 12.9. The summed E-state index contributed by atoms with van der Waals surface area (Å²) in [6.45, 7) is 8.87. The number of amides is 1. The molecule has 0 fully saturated rings. The van der Waals surface area contributed by atoms with Gasteiger partial charge in [0.2, 0.25) is 0 Å². The molecule has 0 aromatic heterocycles. The second kappa shape index (κ2) is 5.80. The summed E-state index contributed by atoms with van der Waals surface area (Å²) in [6.07, 6.45) is 0.830. The molecule has 0 aliphatic carbocycles. The van der Waals surface area contributed by atoms with E-state index in [2.05, 4.69) is 6.58 Å². The van der Waals surface area contributed by atoms with Gasteiger partial charge in [0.1, 0.15) is 0 Å². The Morgan fingerprint density at radius 2 is 1.88 bits per heavy atom. The standard InChI is InChI=1S/C12H21NO3/c1-9(2)10(14)7-8-12(3,4)11(15)13(5)16-6/h1,7-8H2,2-6H3. The number of rotatable bonds is 6. The van der Waals surface area contributed by atoms with Crippen LogP contribution in [0.4, 0.5) is 0 Å². The molecule has 16 heavy (non-hydrogen) atoms. The number of hydrogen-bond acceptors (Lipinski definition) is 3. The van der Waals surface area contributed by atoms with E-state index in [4.69, 9.17) is 4.84 Å². The Morgan fingerprint density at radius 3 is 2.25 bits per heavy atom. The van der Waals surface area contributed by atoms with E-state index in [0.29, 0.717) is 18.4 Å². The van der Waals surface area contributed by atoms with Gasteiger partial charge < -0.3 is 0 Å². The molecule has 0 rings (SSSR count). The zero-order valence-corrected chi connectivity index (χ0v) is 10.8. The Hall–Kier alpha value is -1.16. The van der Waals surface area contributed by atoms with Crippen LogP contribution in [-0.4, -0.2) is 30.9 Å². The van der Waals surface area contributed by atoms with Gasteiger partial charge >= 0.3 is 0 Å². The second-order valence-electron chi connectivity index (χ2n) is 4.57. The third kappa shape index (κ3) is 4.14. The predicted octanol–water partition coefficient (Wildman–Crippen LogP) is 1.96. The molecule has 0 bridgehead atoms. The van der Waals surface area contributed by atoms with E-state index in [1.54, 1.807) is 27.8 Å². The molecule has 0 spiro atoms. The average molecular weight is 227 g/mol. The highest BCUT2D eigenvalue weighted by Crippen LogP contribution is 2.25. The van der Waals surface area contributed by atoms with Crippen LogP contribution in [0.5, 0.6) is 0 Å². The Labute approximate surface area is 97.2 Å². The first-order valence-electron chi connectivity index (χ1n) is 5.23. The van der Waals surface area contributed by atoms with E-state index < -0.39 is 5.41 Å². The molecule has 0 N–H and O–H groups in total. The van der Waals surface area contributed by atoms with E-state index in [0.717, 1.165) is 0 Å². The van der Waals surface area contributed by atoms with Crippen molar-refractivity contribution in [3.8, 4) is 0 Å². The normalized spacial score (nSPS) is 11.1. The molecule has 0 saturated heterocycles. The molecular weight excluding hydrogens is 206 g/mol. The van der Waals surface area contributed by atoms with Crippen LogP contribution in [0.3, 0.4) is 0 Å². The fourth-order valence-electron chi connectivity index (χ4n) is 1.26. The molecule has 0 aliphatic heterocycles. The summed E-state index contributed by atoms with van der Waals surface area (Å²) in [5.74, 6) is -0.134. The van der Waals surface area contributed by atoms with Crippen molar-refractivity contribution in [1.82, 2.24) is 5.06 Å². The van der Waals surface area contributed by atoms with Crippen LogP contribution in [0, 0.1) is 5.41 Å². The van der Waals surface area contributed by atoms with Gasteiger partial charge in [0.05, 0.1) is 7.11 Å². The highest BCUT2D eigenvalue weighted by atomic mass is 16.7. The van der Waals surface area contributed by atoms with Crippen molar-refractivity contribution in [2.45, 2.75) is 33.6 Å². The van der Waals surface area contributed by atoms with E-state index in [9.17, 15) is 9.59 Å². The maximum Gasteiger partial charge on any atom is 0.251 e. The number of nitrogens with zero attached hydrogens (tertiary/aromatic N) is 1. The fourth-order valence-corrected chi connectivity index (χ4v) is 1.26. The smallest absolute Gasteiger partial charge is 0.251 e. The minimum atomic E-state index is -0.601. The molecule has 92 valence electrons. The molecular formula is C12H21NO3. The van der Waals surface area contributed by atoms with E-state index in [1.807, 2.05) is 0 Å². The van der Waals surface area contributed by atoms with Gasteiger partial charge in [0.15, 0.2) is 5.78 Å². The molecule has 0 radical (unpaired) electrons. The van der Waals surface area contributed by atoms with Crippen molar-refractivity contribution in [3.63, 3.8) is 0 Å². The lowest BCUT2D eigenvalue weighted by Gasteiger charge is -2.27. The number of Topliss-reactive ketones (excluding diaryl/α,β-unsaturated/α-hetero) is 1. The number of hydrogen-bond donors (Lipinski definition) is 0. The van der Waals surface area contributed by atoms with Gasteiger partial charge in [-0.15, -0.1) is 0 Å². The quantitative estimate of drug-likeness (QED) is 0.514. The number of hydroxylamine groups is 2. The van der Waals surface area contributed by atoms with Crippen LogP contribution in [0.2, 0.25) is 0 Å². The van der Waals surface area contributed by atoms with E-state index in [-0.39, 0.29) is 11.7 Å². The zero-order valence-electron chi connectivity index (χ0n) is 10.8. The van der Waals surface area contributed by atoms with Gasteiger partial charge in [-0.05, 0) is 18.9 Å². The molecule has 0 atom stereocenters. The third-order valence-electron chi connectivity index (χ3n) is 2.59. The average Bonchev–Trinajstić information content (AvgIpc) is 2.23. The molecule has 0 aliphatic rings. The number of allylic oxidation sites excluding steroid dienone is 1. The maximum absolute atomic E-state index is 11.8. The summed E-state index contributed by atoms with van der Waals surface area (Å²) in [6, 6.07) is 0. The molecule has 0 heterocycles. The van der Waals surface area contributed by atoms with Gasteiger partial charge in [-0.25, -0.2) is 5.06 Å². The highest BCUT2D eigenvalue weighted by molar-refractivity contribution is 5.94. The highest BCUT2D eigenvalue weighted by Gasteiger charge is 2.31. The predicted molar refractivity (Wildman–Crippen MR) is 62.6 cm³/mol. The van der Waals surface area contributed by atoms with Crippen LogP contribution >= 0.6 is 0 Å². The molecule has 1 amide bonds. The SMILES string of the molecule is C=C(C)C(=O)CCC(C)(C)C(=O)N(C)OC. The first kappa shape index (κ1) is 14.8. The van der Waals surface area contributed by atoms with Crippen molar-refractivity contribution >= 4 is 11.7 Å². The minimum absolute atomic E-state index is 0.000875. The third-order valence-corrected chi connectivity index (χ3v) is 2.59. The molecule has 0 aromatic carbocycles. The summed E-state index contributed by atoms with van der Waals surface area (Å²) >= 11 is 0. The van der Waals surface area contributed by atoms with Gasteiger partial charge in [0.25, 0.3) is 5.91 Å². The molecule has 0 unspecified atom stereocenters. The monoisotopic (exact) mass is 227 g/mol. The van der Waals surface area contributed by atoms with Crippen LogP contribution in [0.1, 0.15) is 33.6 Å². The lowest BCUT2D eigenvalue weighted by molar-refractivity contribution is -0.179. The van der Waals surface area contributed by atoms with Gasteiger partial charge in [-0.2, -0.15) is 0 Å². The van der Waals surface area contributed by atoms with E-state index >= 15 is 0 Å². The minimum Gasteiger partial charge on any atom is -0.295 e. The van der Waals surface area contributed by atoms with Crippen LogP contribution in [-0.2, 0) is 14.4 Å². The first-order valence-corrected chi connectivity index (χ1v) is 5.23. The summed E-state index contributed by atoms with van der Waals surface area (Å²) in [5.41, 5.74) is -0.0704. The maximum atomic E-state index is 11.8. The lowest BCUT2D eigenvalue weighted by Crippen LogP contribution is -2.38. The number of carbonyl (C=O) groups is 2. The summed E-state index contributed by atoms with van der Waals surface area (Å²) in [5, 5.41) is 1.19. The topological polar surface area (TPSA) is 46.6 Å². The fraction of sp³-hybridized carbons (Fsp3) is 0.667. The first-order chi connectivity index (χ1) is 7.22. The lowest BCUT2D eigenvalue weighted by atomic mass is 9.85. The Balaban J connectivity index is 4.40. The summed E-state index contributed by atoms with van der Waals surface area (Å²) in [4.78, 5) is 28.1. The Morgan fingerprint density at radius 1 is 1.38 bits per heavy atom. The molecule has 4 nitrogen and oxygen atoms in total. The summed E-state index contributed by atoms with van der Waals surface area (Å²) in [7, 11) is 3.00. The number of ketones is 1. The molecule has 0 saturated carbocycles. The van der Waals surface area contributed by atoms with E-state index in [1.165, 1.54) is 12.2 Å². The van der Waals surface area contributed by atoms with Crippen LogP contribution in [0.15, 0.2) is 12.2 Å². The molecule has 4 heteroatoms. The second-order valence-corrected chi connectivity index (χ2v) is 4.57. The molecule has 0 aromatic rings.